The van der Waals surface area contributed by atoms with Gasteiger partial charge in [-0.15, -0.1) is 0 Å². The highest BCUT2D eigenvalue weighted by molar-refractivity contribution is 5.78. The van der Waals surface area contributed by atoms with Gasteiger partial charge in [0.1, 0.15) is 5.78 Å². The molecule has 0 atom stereocenters. The monoisotopic (exact) mass is 198 g/mol. The fraction of sp³-hybridized carbons (Fsp3) is 0.800. The van der Waals surface area contributed by atoms with Gasteiger partial charge >= 0.3 is 6.03 Å². The van der Waals surface area contributed by atoms with E-state index < -0.39 is 0 Å². The van der Waals surface area contributed by atoms with Crippen LogP contribution in [-0.2, 0) is 4.79 Å². The van der Waals surface area contributed by atoms with Crippen LogP contribution in [0.2, 0.25) is 0 Å². The number of hydrogen-bond acceptors (Lipinski definition) is 2. The van der Waals surface area contributed by atoms with Crippen molar-refractivity contribution in [2.45, 2.75) is 38.6 Å². The third-order valence-electron chi connectivity index (χ3n) is 2.86. The summed E-state index contributed by atoms with van der Waals surface area (Å²) in [5, 5.41) is 5.40. The van der Waals surface area contributed by atoms with Gasteiger partial charge in [0.15, 0.2) is 0 Å². The Morgan fingerprint density at radius 3 is 2.14 bits per heavy atom. The Morgan fingerprint density at radius 2 is 1.71 bits per heavy atom. The zero-order chi connectivity index (χ0) is 10.6. The lowest BCUT2D eigenvalue weighted by Gasteiger charge is -2.27. The Balaban J connectivity index is 2.29. The Kier molecular flexibility index (Phi) is 3.92. The van der Waals surface area contributed by atoms with Gasteiger partial charge in [-0.05, 0) is 32.6 Å². The predicted octanol–water partition coefficient (Wildman–Crippen LogP) is 1.06. The number of ketones is 1. The van der Waals surface area contributed by atoms with Crippen molar-refractivity contribution in [2.24, 2.45) is 5.92 Å². The SMILES string of the molecule is CNC(=O)N[C@H]1CC[C@H](C(C)=O)CC1. The van der Waals surface area contributed by atoms with Crippen LogP contribution in [0.1, 0.15) is 32.6 Å². The highest BCUT2D eigenvalue weighted by atomic mass is 16.2. The molecule has 4 nitrogen and oxygen atoms in total. The molecule has 1 aliphatic rings. The van der Waals surface area contributed by atoms with E-state index in [4.69, 9.17) is 0 Å². The quantitative estimate of drug-likeness (QED) is 0.697. The molecule has 0 aromatic heterocycles. The van der Waals surface area contributed by atoms with Gasteiger partial charge < -0.3 is 10.6 Å². The van der Waals surface area contributed by atoms with E-state index in [1.165, 1.54) is 0 Å². The lowest BCUT2D eigenvalue weighted by molar-refractivity contribution is -0.121. The fourth-order valence-corrected chi connectivity index (χ4v) is 1.90. The standard InChI is InChI=1S/C10H18N2O2/c1-7(13)8-3-5-9(6-4-8)12-10(14)11-2/h8-9H,3-6H2,1-2H3,(H2,11,12,14)/t8-,9-. The third kappa shape index (κ3) is 3.01. The molecule has 0 saturated heterocycles. The van der Waals surface area contributed by atoms with E-state index in [1.807, 2.05) is 0 Å². The number of nitrogens with one attached hydrogen (secondary N) is 2. The minimum Gasteiger partial charge on any atom is -0.341 e. The average Bonchev–Trinajstić information content (AvgIpc) is 2.18. The first kappa shape index (κ1) is 11.0. The maximum Gasteiger partial charge on any atom is 0.314 e. The minimum atomic E-state index is -0.128. The van der Waals surface area contributed by atoms with E-state index >= 15 is 0 Å². The number of carbonyl (C=O) groups excluding carboxylic acids is 2. The number of rotatable bonds is 2. The van der Waals surface area contributed by atoms with Gasteiger partial charge in [0.05, 0.1) is 0 Å². The summed E-state index contributed by atoms with van der Waals surface area (Å²) in [6.45, 7) is 1.65. The average molecular weight is 198 g/mol. The first-order chi connectivity index (χ1) is 6.63. The molecule has 1 aliphatic carbocycles. The summed E-state index contributed by atoms with van der Waals surface area (Å²) in [6.07, 6.45) is 3.64. The summed E-state index contributed by atoms with van der Waals surface area (Å²) < 4.78 is 0. The molecule has 0 radical (unpaired) electrons. The van der Waals surface area contributed by atoms with Gasteiger partial charge in [0.2, 0.25) is 0 Å². The third-order valence-corrected chi connectivity index (χ3v) is 2.86. The Hall–Kier alpha value is -1.06. The molecule has 0 aliphatic heterocycles. The highest BCUT2D eigenvalue weighted by Crippen LogP contribution is 2.24. The maximum atomic E-state index is 11.1. The van der Waals surface area contributed by atoms with Crippen LogP contribution in [0.5, 0.6) is 0 Å². The molecule has 2 N–H and O–H groups in total. The Bertz CT molecular complexity index is 220. The van der Waals surface area contributed by atoms with Crippen molar-refractivity contribution in [3.05, 3.63) is 0 Å². The number of carbonyl (C=O) groups is 2. The van der Waals surface area contributed by atoms with Gasteiger partial charge in [0, 0.05) is 19.0 Å². The lowest BCUT2D eigenvalue weighted by Crippen LogP contribution is -2.42. The first-order valence-corrected chi connectivity index (χ1v) is 5.12. The lowest BCUT2D eigenvalue weighted by atomic mass is 9.84. The second-order valence-corrected chi connectivity index (χ2v) is 3.88. The van der Waals surface area contributed by atoms with Crippen LogP contribution >= 0.6 is 0 Å². The summed E-state index contributed by atoms with van der Waals surface area (Å²) >= 11 is 0. The molecule has 2 amide bonds. The van der Waals surface area contributed by atoms with Gasteiger partial charge in [-0.2, -0.15) is 0 Å². The second kappa shape index (κ2) is 4.98. The van der Waals surface area contributed by atoms with E-state index in [0.717, 1.165) is 25.7 Å². The number of amides is 2. The second-order valence-electron chi connectivity index (χ2n) is 3.88. The van der Waals surface area contributed by atoms with Crippen molar-refractivity contribution in [1.82, 2.24) is 10.6 Å². The van der Waals surface area contributed by atoms with Crippen molar-refractivity contribution in [2.75, 3.05) is 7.05 Å². The zero-order valence-electron chi connectivity index (χ0n) is 8.80. The summed E-state index contributed by atoms with van der Waals surface area (Å²) in [4.78, 5) is 22.1. The van der Waals surface area contributed by atoms with Crippen LogP contribution < -0.4 is 10.6 Å². The summed E-state index contributed by atoms with van der Waals surface area (Å²) in [6, 6.07) is 0.113. The normalized spacial score (nSPS) is 26.7. The molecule has 1 rings (SSSR count). The molecule has 1 saturated carbocycles. The van der Waals surface area contributed by atoms with Crippen molar-refractivity contribution in [1.29, 1.82) is 0 Å². The Morgan fingerprint density at radius 1 is 1.14 bits per heavy atom. The molecule has 14 heavy (non-hydrogen) atoms. The summed E-state index contributed by atoms with van der Waals surface area (Å²) in [5.74, 6) is 0.501. The zero-order valence-corrected chi connectivity index (χ0v) is 8.80. The van der Waals surface area contributed by atoms with Gasteiger partial charge in [-0.1, -0.05) is 0 Å². The van der Waals surface area contributed by atoms with Crippen LogP contribution in [0.25, 0.3) is 0 Å². The first-order valence-electron chi connectivity index (χ1n) is 5.12. The molecule has 1 fully saturated rings. The largest absolute Gasteiger partial charge is 0.341 e. The van der Waals surface area contributed by atoms with Gasteiger partial charge in [0.25, 0.3) is 0 Å². The summed E-state index contributed by atoms with van der Waals surface area (Å²) in [5.41, 5.74) is 0. The van der Waals surface area contributed by atoms with Crippen LogP contribution in [0.3, 0.4) is 0 Å². The van der Waals surface area contributed by atoms with Crippen LogP contribution in [0, 0.1) is 5.92 Å². The topological polar surface area (TPSA) is 58.2 Å². The van der Waals surface area contributed by atoms with E-state index in [2.05, 4.69) is 10.6 Å². The summed E-state index contributed by atoms with van der Waals surface area (Å²) in [7, 11) is 1.61. The molecule has 0 spiro atoms. The number of urea groups is 1. The van der Waals surface area contributed by atoms with E-state index in [-0.39, 0.29) is 23.8 Å². The molecular weight excluding hydrogens is 180 g/mol. The molecule has 0 bridgehead atoms. The molecule has 80 valence electrons. The molecule has 0 heterocycles. The van der Waals surface area contributed by atoms with E-state index in [9.17, 15) is 9.59 Å². The highest BCUT2D eigenvalue weighted by Gasteiger charge is 2.24. The number of hydrogen-bond donors (Lipinski definition) is 2. The Labute approximate surface area is 84.4 Å². The van der Waals surface area contributed by atoms with Crippen LogP contribution in [0.4, 0.5) is 4.79 Å². The molecule has 0 unspecified atom stereocenters. The molecule has 4 heteroatoms. The molecule has 0 aromatic carbocycles. The smallest absolute Gasteiger partial charge is 0.314 e. The van der Waals surface area contributed by atoms with E-state index in [1.54, 1.807) is 14.0 Å². The van der Waals surface area contributed by atoms with Gasteiger partial charge in [-0.3, -0.25) is 4.79 Å². The van der Waals surface area contributed by atoms with Crippen LogP contribution in [0.15, 0.2) is 0 Å². The number of Topliss-reactive ketones (excluding diaryl/α,β-unsaturated/α-hetero) is 1. The fourth-order valence-electron chi connectivity index (χ4n) is 1.90. The van der Waals surface area contributed by atoms with Crippen LogP contribution in [-0.4, -0.2) is 24.9 Å². The van der Waals surface area contributed by atoms with Crippen molar-refractivity contribution >= 4 is 11.8 Å². The van der Waals surface area contributed by atoms with Crippen molar-refractivity contribution in [3.8, 4) is 0 Å². The predicted molar refractivity (Wildman–Crippen MR) is 54.0 cm³/mol. The minimum absolute atomic E-state index is 0.128. The van der Waals surface area contributed by atoms with Crippen molar-refractivity contribution in [3.63, 3.8) is 0 Å². The maximum absolute atomic E-state index is 11.1. The molecule has 0 aromatic rings. The molecular formula is C10H18N2O2. The van der Waals surface area contributed by atoms with Crippen molar-refractivity contribution < 1.29 is 9.59 Å². The van der Waals surface area contributed by atoms with Gasteiger partial charge in [-0.25, -0.2) is 4.79 Å². The van der Waals surface area contributed by atoms with E-state index in [0.29, 0.717) is 0 Å².